The Labute approximate surface area is 123 Å². The third-order valence-electron chi connectivity index (χ3n) is 2.89. The summed E-state index contributed by atoms with van der Waals surface area (Å²) in [5.74, 6) is 1.63. The highest BCUT2D eigenvalue weighted by Gasteiger charge is 2.16. The summed E-state index contributed by atoms with van der Waals surface area (Å²) in [6.45, 7) is 7.87. The van der Waals surface area contributed by atoms with Gasteiger partial charge in [0.15, 0.2) is 0 Å². The van der Waals surface area contributed by atoms with Crippen LogP contribution in [-0.2, 0) is 0 Å². The van der Waals surface area contributed by atoms with Crippen molar-refractivity contribution in [1.82, 2.24) is 9.97 Å². The third kappa shape index (κ3) is 3.17. The van der Waals surface area contributed by atoms with Crippen molar-refractivity contribution in [1.29, 1.82) is 5.26 Å². The molecule has 0 radical (unpaired) electrons. The zero-order chi connectivity index (χ0) is 14.7. The van der Waals surface area contributed by atoms with Gasteiger partial charge in [0.1, 0.15) is 10.6 Å². The molecule has 0 amide bonds. The number of nitrogens with zero attached hydrogens (tertiary/aromatic N) is 4. The number of nitriles is 1. The Balaban J connectivity index is 2.48. The third-order valence-corrected chi connectivity index (χ3v) is 3.84. The molecule has 6 heteroatoms. The first-order valence-electron chi connectivity index (χ1n) is 6.66. The second kappa shape index (κ2) is 6.06. The topological polar surface area (TPSA) is 78.8 Å². The van der Waals surface area contributed by atoms with E-state index in [0.717, 1.165) is 22.6 Å². The Kier molecular flexibility index (Phi) is 4.40. The first kappa shape index (κ1) is 14.5. The van der Waals surface area contributed by atoms with Crippen LogP contribution in [0.3, 0.4) is 0 Å². The van der Waals surface area contributed by atoms with Gasteiger partial charge < -0.3 is 10.6 Å². The Bertz CT molecular complexity index is 641. The highest BCUT2D eigenvalue weighted by Crippen LogP contribution is 2.31. The van der Waals surface area contributed by atoms with E-state index in [-0.39, 0.29) is 0 Å². The Morgan fingerprint density at radius 2 is 2.20 bits per heavy atom. The van der Waals surface area contributed by atoms with Crippen LogP contribution in [0.25, 0.3) is 10.2 Å². The van der Waals surface area contributed by atoms with Crippen LogP contribution in [0, 0.1) is 24.2 Å². The fourth-order valence-electron chi connectivity index (χ4n) is 2.19. The zero-order valence-electron chi connectivity index (χ0n) is 12.1. The van der Waals surface area contributed by atoms with E-state index in [9.17, 15) is 0 Å². The molecule has 0 saturated carbocycles. The Morgan fingerprint density at radius 3 is 2.85 bits per heavy atom. The summed E-state index contributed by atoms with van der Waals surface area (Å²) in [6, 6.07) is 4.29. The number of aryl methyl sites for hydroxylation is 1. The van der Waals surface area contributed by atoms with Crippen LogP contribution >= 0.6 is 11.3 Å². The molecule has 0 bridgehead atoms. The van der Waals surface area contributed by atoms with Crippen LogP contribution in [0.2, 0.25) is 0 Å². The maximum atomic E-state index is 8.84. The smallest absolute Gasteiger partial charge is 0.223 e. The quantitative estimate of drug-likeness (QED) is 0.915. The van der Waals surface area contributed by atoms with Crippen LogP contribution in [0.5, 0.6) is 0 Å². The van der Waals surface area contributed by atoms with E-state index < -0.39 is 0 Å². The van der Waals surface area contributed by atoms with Crippen molar-refractivity contribution in [3.63, 3.8) is 0 Å². The summed E-state index contributed by atoms with van der Waals surface area (Å²) in [7, 11) is 0. The fraction of sp³-hybridized carbons (Fsp3) is 0.500. The Hall–Kier alpha value is -1.87. The van der Waals surface area contributed by atoms with Crippen molar-refractivity contribution in [2.45, 2.75) is 27.2 Å². The molecule has 20 heavy (non-hydrogen) atoms. The number of nitrogen functional groups attached to an aromatic ring is 1. The number of hydrogen-bond acceptors (Lipinski definition) is 6. The summed E-state index contributed by atoms with van der Waals surface area (Å²) in [5, 5.41) is 9.86. The summed E-state index contributed by atoms with van der Waals surface area (Å²) >= 11 is 1.62. The van der Waals surface area contributed by atoms with Gasteiger partial charge in [0.25, 0.3) is 0 Å². The van der Waals surface area contributed by atoms with Crippen LogP contribution in [0.4, 0.5) is 11.8 Å². The summed E-state index contributed by atoms with van der Waals surface area (Å²) in [4.78, 5) is 12.9. The van der Waals surface area contributed by atoms with Gasteiger partial charge in [0.2, 0.25) is 5.95 Å². The molecule has 2 rings (SSSR count). The van der Waals surface area contributed by atoms with Crippen molar-refractivity contribution in [2.75, 3.05) is 23.7 Å². The first-order chi connectivity index (χ1) is 9.51. The number of anilines is 2. The summed E-state index contributed by atoms with van der Waals surface area (Å²) in [5.41, 5.74) is 5.82. The molecule has 0 aliphatic carbocycles. The molecule has 0 atom stereocenters. The number of hydrogen-bond donors (Lipinski definition) is 1. The van der Waals surface area contributed by atoms with Crippen molar-refractivity contribution < 1.29 is 0 Å². The molecule has 0 saturated heterocycles. The van der Waals surface area contributed by atoms with Gasteiger partial charge in [-0.25, -0.2) is 4.98 Å². The number of fused-ring (bicyclic) bond motifs is 1. The highest BCUT2D eigenvalue weighted by molar-refractivity contribution is 7.18. The standard InChI is InChI=1S/C14H19N5S/c1-9(2)8-19(6-4-5-15)12-11-7-10(3)20-13(11)18-14(16)17-12/h7,9H,4,6,8H2,1-3H3,(H2,16,17,18). The number of aromatic nitrogens is 2. The SMILES string of the molecule is Cc1cc2c(N(CCC#N)CC(C)C)nc(N)nc2s1. The molecule has 0 unspecified atom stereocenters. The average molecular weight is 289 g/mol. The van der Waals surface area contributed by atoms with Crippen molar-refractivity contribution in [2.24, 2.45) is 5.92 Å². The van der Waals surface area contributed by atoms with Gasteiger partial charge in [-0.1, -0.05) is 13.8 Å². The predicted octanol–water partition coefficient (Wildman–Crippen LogP) is 2.96. The van der Waals surface area contributed by atoms with Crippen LogP contribution in [0.15, 0.2) is 6.07 Å². The lowest BCUT2D eigenvalue weighted by Gasteiger charge is -2.25. The van der Waals surface area contributed by atoms with Crippen molar-refractivity contribution in [3.8, 4) is 6.07 Å². The number of rotatable bonds is 5. The molecule has 5 nitrogen and oxygen atoms in total. The minimum absolute atomic E-state index is 0.292. The molecule has 2 heterocycles. The number of thiophene rings is 1. The van der Waals surface area contributed by atoms with E-state index in [4.69, 9.17) is 11.0 Å². The highest BCUT2D eigenvalue weighted by atomic mass is 32.1. The lowest BCUT2D eigenvalue weighted by atomic mass is 10.2. The predicted molar refractivity (Wildman–Crippen MR) is 83.8 cm³/mol. The van der Waals surface area contributed by atoms with Crippen LogP contribution in [-0.4, -0.2) is 23.1 Å². The van der Waals surface area contributed by atoms with E-state index in [1.165, 1.54) is 4.88 Å². The van der Waals surface area contributed by atoms with E-state index >= 15 is 0 Å². The van der Waals surface area contributed by atoms with Gasteiger partial charge in [-0.15, -0.1) is 11.3 Å². The molecule has 0 aromatic carbocycles. The monoisotopic (exact) mass is 289 g/mol. The van der Waals surface area contributed by atoms with Crippen LogP contribution < -0.4 is 10.6 Å². The molecule has 0 aliphatic heterocycles. The minimum Gasteiger partial charge on any atom is -0.368 e. The molecule has 2 N–H and O–H groups in total. The fourth-order valence-corrected chi connectivity index (χ4v) is 3.07. The van der Waals surface area contributed by atoms with Gasteiger partial charge in [0, 0.05) is 18.0 Å². The molecule has 0 aliphatic rings. The van der Waals surface area contributed by atoms with Gasteiger partial charge in [-0.05, 0) is 18.9 Å². The van der Waals surface area contributed by atoms with E-state index in [1.807, 2.05) is 6.92 Å². The molecule has 106 valence electrons. The van der Waals surface area contributed by atoms with Crippen LogP contribution in [0.1, 0.15) is 25.1 Å². The zero-order valence-corrected chi connectivity index (χ0v) is 12.9. The molecule has 2 aromatic heterocycles. The molecule has 0 spiro atoms. The second-order valence-corrected chi connectivity index (χ2v) is 6.46. The minimum atomic E-state index is 0.292. The molecular weight excluding hydrogens is 270 g/mol. The maximum Gasteiger partial charge on any atom is 0.223 e. The van der Waals surface area contributed by atoms with Crippen molar-refractivity contribution in [3.05, 3.63) is 10.9 Å². The molecule has 0 fully saturated rings. The van der Waals surface area contributed by atoms with E-state index in [1.54, 1.807) is 11.3 Å². The largest absolute Gasteiger partial charge is 0.368 e. The Morgan fingerprint density at radius 1 is 1.45 bits per heavy atom. The van der Waals surface area contributed by atoms with Gasteiger partial charge in [-0.3, -0.25) is 0 Å². The van der Waals surface area contributed by atoms with Gasteiger partial charge in [0.05, 0.1) is 17.9 Å². The van der Waals surface area contributed by atoms with E-state index in [0.29, 0.717) is 24.8 Å². The lowest BCUT2D eigenvalue weighted by Crippen LogP contribution is -2.29. The van der Waals surface area contributed by atoms with Gasteiger partial charge >= 0.3 is 0 Å². The first-order valence-corrected chi connectivity index (χ1v) is 7.48. The summed E-state index contributed by atoms with van der Waals surface area (Å²) in [6.07, 6.45) is 0.473. The average Bonchev–Trinajstić information content (AvgIpc) is 2.73. The summed E-state index contributed by atoms with van der Waals surface area (Å²) < 4.78 is 0. The normalized spacial score (nSPS) is 10.9. The van der Waals surface area contributed by atoms with Gasteiger partial charge in [-0.2, -0.15) is 10.2 Å². The molecule has 2 aromatic rings. The second-order valence-electron chi connectivity index (χ2n) is 5.23. The van der Waals surface area contributed by atoms with E-state index in [2.05, 4.69) is 40.9 Å². The lowest BCUT2D eigenvalue weighted by molar-refractivity contribution is 0.609. The number of nitrogens with two attached hydrogens (primary N) is 1. The van der Waals surface area contributed by atoms with Crippen molar-refractivity contribution >= 4 is 33.3 Å². The molecular formula is C14H19N5S. The maximum absolute atomic E-state index is 8.84.